The van der Waals surface area contributed by atoms with Crippen molar-refractivity contribution in [3.63, 3.8) is 0 Å². The van der Waals surface area contributed by atoms with Crippen LogP contribution in [0.25, 0.3) is 5.65 Å². The van der Waals surface area contributed by atoms with Gasteiger partial charge in [0.15, 0.2) is 0 Å². The molecule has 1 amide bonds. The SMILES string of the molecule is CC[C@@H](CO)N(Cc1cccnc1)C(=O)CCc1cn2ccccc2n1. The average molecular weight is 352 g/mol. The van der Waals surface area contributed by atoms with Crippen LogP contribution < -0.4 is 0 Å². The first-order chi connectivity index (χ1) is 12.7. The van der Waals surface area contributed by atoms with Crippen molar-refractivity contribution in [2.24, 2.45) is 0 Å². The van der Waals surface area contributed by atoms with Crippen LogP contribution in [-0.2, 0) is 17.8 Å². The quantitative estimate of drug-likeness (QED) is 0.676. The molecular weight excluding hydrogens is 328 g/mol. The second kappa shape index (κ2) is 8.58. The van der Waals surface area contributed by atoms with Crippen LogP contribution in [0.5, 0.6) is 0 Å². The van der Waals surface area contributed by atoms with E-state index < -0.39 is 0 Å². The Hall–Kier alpha value is -2.73. The number of amides is 1. The highest BCUT2D eigenvalue weighted by atomic mass is 16.3. The number of rotatable bonds is 8. The molecule has 3 aromatic heterocycles. The predicted molar refractivity (Wildman–Crippen MR) is 99.5 cm³/mol. The molecule has 6 heteroatoms. The van der Waals surface area contributed by atoms with E-state index >= 15 is 0 Å². The van der Waals surface area contributed by atoms with Gasteiger partial charge < -0.3 is 14.4 Å². The molecule has 6 nitrogen and oxygen atoms in total. The fraction of sp³-hybridized carbons (Fsp3) is 0.350. The smallest absolute Gasteiger partial charge is 0.223 e. The fourth-order valence-electron chi connectivity index (χ4n) is 3.04. The Kier molecular flexibility index (Phi) is 5.96. The normalized spacial score (nSPS) is 12.2. The first kappa shape index (κ1) is 18.1. The molecule has 0 saturated heterocycles. The van der Waals surface area contributed by atoms with Crippen molar-refractivity contribution in [3.05, 3.63) is 66.4 Å². The largest absolute Gasteiger partial charge is 0.394 e. The number of nitrogens with zero attached hydrogens (tertiary/aromatic N) is 4. The molecule has 0 spiro atoms. The first-order valence-corrected chi connectivity index (χ1v) is 8.93. The van der Waals surface area contributed by atoms with Gasteiger partial charge in [0, 0.05) is 37.8 Å². The van der Waals surface area contributed by atoms with E-state index in [0.717, 1.165) is 16.9 Å². The van der Waals surface area contributed by atoms with E-state index in [1.165, 1.54) is 0 Å². The average Bonchev–Trinajstić information content (AvgIpc) is 3.10. The summed E-state index contributed by atoms with van der Waals surface area (Å²) in [5.41, 5.74) is 2.73. The van der Waals surface area contributed by atoms with E-state index in [1.807, 2.05) is 54.0 Å². The molecule has 1 N–H and O–H groups in total. The number of aliphatic hydroxyl groups excluding tert-OH is 1. The second-order valence-corrected chi connectivity index (χ2v) is 6.33. The van der Waals surface area contributed by atoms with Gasteiger partial charge in [-0.3, -0.25) is 9.78 Å². The number of hydrogen-bond acceptors (Lipinski definition) is 4. The third-order valence-electron chi connectivity index (χ3n) is 4.53. The molecule has 3 aromatic rings. The molecule has 0 bridgehead atoms. The number of aromatic nitrogens is 3. The van der Waals surface area contributed by atoms with Crippen LogP contribution in [-0.4, -0.2) is 42.9 Å². The van der Waals surface area contributed by atoms with Crippen LogP contribution in [0.1, 0.15) is 31.0 Å². The lowest BCUT2D eigenvalue weighted by Crippen LogP contribution is -2.41. The zero-order valence-electron chi connectivity index (χ0n) is 15.0. The summed E-state index contributed by atoms with van der Waals surface area (Å²) in [4.78, 5) is 23.3. The molecule has 0 aromatic carbocycles. The van der Waals surface area contributed by atoms with Gasteiger partial charge in [-0.2, -0.15) is 0 Å². The van der Waals surface area contributed by atoms with E-state index in [9.17, 15) is 9.90 Å². The molecule has 3 rings (SSSR count). The highest BCUT2D eigenvalue weighted by Gasteiger charge is 2.22. The summed E-state index contributed by atoms with van der Waals surface area (Å²) < 4.78 is 1.95. The fourth-order valence-corrected chi connectivity index (χ4v) is 3.04. The molecule has 0 aliphatic rings. The lowest BCUT2D eigenvalue weighted by molar-refractivity contribution is -0.135. The van der Waals surface area contributed by atoms with Crippen LogP contribution in [0.4, 0.5) is 0 Å². The van der Waals surface area contributed by atoms with Gasteiger partial charge in [-0.05, 0) is 36.6 Å². The molecule has 0 aliphatic heterocycles. The van der Waals surface area contributed by atoms with Gasteiger partial charge >= 0.3 is 0 Å². The summed E-state index contributed by atoms with van der Waals surface area (Å²) >= 11 is 0. The van der Waals surface area contributed by atoms with Crippen LogP contribution in [0.15, 0.2) is 55.1 Å². The highest BCUT2D eigenvalue weighted by molar-refractivity contribution is 5.76. The summed E-state index contributed by atoms with van der Waals surface area (Å²) in [5.74, 6) is 0.0202. The number of aryl methyl sites for hydroxylation is 1. The highest BCUT2D eigenvalue weighted by Crippen LogP contribution is 2.14. The Labute approximate surface area is 153 Å². The second-order valence-electron chi connectivity index (χ2n) is 6.33. The van der Waals surface area contributed by atoms with E-state index in [2.05, 4.69) is 9.97 Å². The zero-order chi connectivity index (χ0) is 18.4. The minimum Gasteiger partial charge on any atom is -0.394 e. The lowest BCUT2D eigenvalue weighted by Gasteiger charge is -2.30. The lowest BCUT2D eigenvalue weighted by atomic mass is 10.1. The van der Waals surface area contributed by atoms with Crippen LogP contribution in [0, 0.1) is 0 Å². The van der Waals surface area contributed by atoms with Gasteiger partial charge in [0.05, 0.1) is 18.3 Å². The van der Waals surface area contributed by atoms with Gasteiger partial charge in [0.2, 0.25) is 5.91 Å². The number of carbonyl (C=O) groups is 1. The number of imidazole rings is 1. The summed E-state index contributed by atoms with van der Waals surface area (Å²) in [5, 5.41) is 9.68. The molecule has 0 unspecified atom stereocenters. The van der Waals surface area contributed by atoms with Crippen LogP contribution >= 0.6 is 0 Å². The molecule has 26 heavy (non-hydrogen) atoms. The van der Waals surface area contributed by atoms with Crippen molar-refractivity contribution in [2.75, 3.05) is 6.61 Å². The van der Waals surface area contributed by atoms with Gasteiger partial charge in [-0.15, -0.1) is 0 Å². The Bertz CT molecular complexity index is 810. The summed E-state index contributed by atoms with van der Waals surface area (Å²) in [6, 6.07) is 9.45. The molecule has 3 heterocycles. The monoisotopic (exact) mass is 352 g/mol. The van der Waals surface area contributed by atoms with Crippen molar-refractivity contribution in [1.82, 2.24) is 19.3 Å². The molecule has 0 aliphatic carbocycles. The summed E-state index contributed by atoms with van der Waals surface area (Å²) in [6.07, 6.45) is 9.01. The molecule has 136 valence electrons. The maximum Gasteiger partial charge on any atom is 0.223 e. The molecule has 1 atom stereocenters. The molecule has 0 fully saturated rings. The van der Waals surface area contributed by atoms with E-state index in [4.69, 9.17) is 0 Å². The Morgan fingerprint density at radius 2 is 2.19 bits per heavy atom. The van der Waals surface area contributed by atoms with Crippen molar-refractivity contribution in [2.45, 2.75) is 38.8 Å². The summed E-state index contributed by atoms with van der Waals surface area (Å²) in [7, 11) is 0. The maximum absolute atomic E-state index is 12.9. The molecule has 0 saturated carbocycles. The minimum absolute atomic E-state index is 0.0202. The zero-order valence-corrected chi connectivity index (χ0v) is 15.0. The Balaban J connectivity index is 1.69. The van der Waals surface area contributed by atoms with Crippen LogP contribution in [0.3, 0.4) is 0 Å². The molecular formula is C20H24N4O2. The van der Waals surface area contributed by atoms with Crippen molar-refractivity contribution in [1.29, 1.82) is 0 Å². The number of aliphatic hydroxyl groups is 1. The third-order valence-corrected chi connectivity index (χ3v) is 4.53. The third kappa shape index (κ3) is 4.26. The van der Waals surface area contributed by atoms with E-state index in [1.54, 1.807) is 17.3 Å². The van der Waals surface area contributed by atoms with Crippen LogP contribution in [0.2, 0.25) is 0 Å². The Morgan fingerprint density at radius 1 is 1.31 bits per heavy atom. The maximum atomic E-state index is 12.9. The van der Waals surface area contributed by atoms with E-state index in [0.29, 0.717) is 25.8 Å². The number of fused-ring (bicyclic) bond motifs is 1. The van der Waals surface area contributed by atoms with Gasteiger partial charge in [-0.1, -0.05) is 19.1 Å². The van der Waals surface area contributed by atoms with Crippen molar-refractivity contribution in [3.8, 4) is 0 Å². The first-order valence-electron chi connectivity index (χ1n) is 8.93. The predicted octanol–water partition coefficient (Wildman–Crippen LogP) is 2.46. The standard InChI is InChI=1S/C20H24N4O2/c1-2-18(15-25)24(13-16-6-5-10-21-12-16)20(26)9-8-17-14-23-11-4-3-7-19(23)22-17/h3-7,10-12,14,18,25H,2,8-9,13,15H2,1H3/t18-/m0/s1. The number of pyridine rings is 2. The number of hydrogen-bond donors (Lipinski definition) is 1. The molecule has 0 radical (unpaired) electrons. The van der Waals surface area contributed by atoms with Crippen molar-refractivity contribution >= 4 is 11.6 Å². The minimum atomic E-state index is -0.191. The summed E-state index contributed by atoms with van der Waals surface area (Å²) in [6.45, 7) is 2.39. The topological polar surface area (TPSA) is 70.7 Å². The van der Waals surface area contributed by atoms with E-state index in [-0.39, 0.29) is 18.6 Å². The Morgan fingerprint density at radius 3 is 2.88 bits per heavy atom. The number of carbonyl (C=O) groups excluding carboxylic acids is 1. The van der Waals surface area contributed by atoms with Gasteiger partial charge in [-0.25, -0.2) is 4.98 Å². The van der Waals surface area contributed by atoms with Gasteiger partial charge in [0.1, 0.15) is 5.65 Å². The van der Waals surface area contributed by atoms with Gasteiger partial charge in [0.25, 0.3) is 0 Å². The van der Waals surface area contributed by atoms with Crippen molar-refractivity contribution < 1.29 is 9.90 Å².